The second-order valence-electron chi connectivity index (χ2n) is 4.96. The fraction of sp³-hybridized carbons (Fsp3) is 0.188. The van der Waals surface area contributed by atoms with Gasteiger partial charge in [0.1, 0.15) is 0 Å². The van der Waals surface area contributed by atoms with Gasteiger partial charge >= 0.3 is 0 Å². The van der Waals surface area contributed by atoms with E-state index in [0.717, 1.165) is 22.9 Å². The van der Waals surface area contributed by atoms with Crippen molar-refractivity contribution in [1.29, 1.82) is 0 Å². The lowest BCUT2D eigenvalue weighted by molar-refractivity contribution is 0.100. The predicted octanol–water partition coefficient (Wildman–Crippen LogP) is 4.09. The highest BCUT2D eigenvalue weighted by atomic mass is 35.5. The summed E-state index contributed by atoms with van der Waals surface area (Å²) in [5.74, 6) is 0.666. The summed E-state index contributed by atoms with van der Waals surface area (Å²) in [6.07, 6.45) is 1.04. The fourth-order valence-corrected chi connectivity index (χ4v) is 3.73. The number of thioether (sulfide) groups is 1. The molecule has 1 heterocycles. The van der Waals surface area contributed by atoms with Crippen molar-refractivity contribution in [3.05, 3.63) is 58.6 Å². The van der Waals surface area contributed by atoms with E-state index in [2.05, 4.69) is 11.4 Å². The van der Waals surface area contributed by atoms with Gasteiger partial charge in [0.25, 0.3) is 0 Å². The van der Waals surface area contributed by atoms with Crippen LogP contribution in [0.4, 0.5) is 5.69 Å². The summed E-state index contributed by atoms with van der Waals surface area (Å²) in [6, 6.07) is 13.5. The molecule has 3 N–H and O–H groups in total. The van der Waals surface area contributed by atoms with Crippen molar-refractivity contribution < 1.29 is 4.79 Å². The van der Waals surface area contributed by atoms with E-state index in [0.29, 0.717) is 5.56 Å². The van der Waals surface area contributed by atoms with E-state index in [-0.39, 0.29) is 6.04 Å². The number of primary amides is 1. The number of hydrogen-bond acceptors (Lipinski definition) is 3. The highest BCUT2D eigenvalue weighted by molar-refractivity contribution is 7.99. The number of benzene rings is 2. The smallest absolute Gasteiger partial charge is 0.248 e. The Kier molecular flexibility index (Phi) is 4.08. The number of halogens is 1. The van der Waals surface area contributed by atoms with E-state index >= 15 is 0 Å². The minimum absolute atomic E-state index is 0.236. The van der Waals surface area contributed by atoms with Gasteiger partial charge in [-0.1, -0.05) is 11.6 Å². The molecule has 1 aliphatic heterocycles. The van der Waals surface area contributed by atoms with Gasteiger partial charge in [0.2, 0.25) is 5.91 Å². The summed E-state index contributed by atoms with van der Waals surface area (Å²) in [4.78, 5) is 12.4. The molecule has 2 aromatic rings. The first-order valence-electron chi connectivity index (χ1n) is 6.72. The maximum absolute atomic E-state index is 11.1. The van der Waals surface area contributed by atoms with Crippen LogP contribution >= 0.6 is 23.4 Å². The van der Waals surface area contributed by atoms with Gasteiger partial charge in [0, 0.05) is 26.9 Å². The lowest BCUT2D eigenvalue weighted by Crippen LogP contribution is -2.16. The Balaban J connectivity index is 1.83. The number of carbonyl (C=O) groups excluding carboxylic acids is 1. The molecule has 1 amide bonds. The van der Waals surface area contributed by atoms with Crippen molar-refractivity contribution in [3.8, 4) is 0 Å². The van der Waals surface area contributed by atoms with Crippen molar-refractivity contribution in [2.75, 3.05) is 11.1 Å². The Morgan fingerprint density at radius 3 is 2.71 bits per heavy atom. The van der Waals surface area contributed by atoms with Crippen molar-refractivity contribution in [1.82, 2.24) is 0 Å². The third-order valence-corrected chi connectivity index (χ3v) is 4.88. The molecule has 108 valence electrons. The number of carbonyl (C=O) groups is 1. The molecule has 2 aromatic carbocycles. The van der Waals surface area contributed by atoms with E-state index in [9.17, 15) is 4.79 Å². The molecule has 0 aromatic heterocycles. The zero-order valence-electron chi connectivity index (χ0n) is 11.3. The molecular formula is C16H15ClN2OS. The molecule has 0 fully saturated rings. The normalized spacial score (nSPS) is 17.1. The number of fused-ring (bicyclic) bond motifs is 1. The summed E-state index contributed by atoms with van der Waals surface area (Å²) < 4.78 is 0. The van der Waals surface area contributed by atoms with Gasteiger partial charge in [0.05, 0.1) is 6.04 Å². The maximum Gasteiger partial charge on any atom is 0.248 e. The van der Waals surface area contributed by atoms with Crippen LogP contribution in [0.5, 0.6) is 0 Å². The molecule has 21 heavy (non-hydrogen) atoms. The van der Waals surface area contributed by atoms with Gasteiger partial charge in [-0.2, -0.15) is 0 Å². The third kappa shape index (κ3) is 3.17. The lowest BCUT2D eigenvalue weighted by atomic mass is 10.0. The van der Waals surface area contributed by atoms with Crippen LogP contribution < -0.4 is 11.1 Å². The first kappa shape index (κ1) is 14.3. The molecule has 1 atom stereocenters. The number of hydrogen-bond donors (Lipinski definition) is 2. The summed E-state index contributed by atoms with van der Waals surface area (Å²) in [6.45, 7) is 0. The van der Waals surface area contributed by atoms with Crippen LogP contribution in [0.15, 0.2) is 47.4 Å². The minimum atomic E-state index is -0.409. The molecular weight excluding hydrogens is 304 g/mol. The molecule has 0 bridgehead atoms. The van der Waals surface area contributed by atoms with Gasteiger partial charge in [-0.15, -0.1) is 11.8 Å². The number of nitrogens with one attached hydrogen (secondary N) is 1. The standard InChI is InChI=1S/C16H15ClN2OS/c17-11-3-6-15-13(9-11)14(7-8-21-15)19-12-4-1-10(2-5-12)16(18)20/h1-6,9,14,19H,7-8H2,(H2,18,20). The fourth-order valence-electron chi connectivity index (χ4n) is 2.45. The molecule has 1 aliphatic rings. The molecule has 0 saturated heterocycles. The zero-order valence-corrected chi connectivity index (χ0v) is 12.9. The SMILES string of the molecule is NC(=O)c1ccc(NC2CCSc3ccc(Cl)cc32)cc1. The number of rotatable bonds is 3. The van der Waals surface area contributed by atoms with Gasteiger partial charge in [-0.25, -0.2) is 0 Å². The van der Waals surface area contributed by atoms with Crippen LogP contribution in [-0.2, 0) is 0 Å². The second-order valence-corrected chi connectivity index (χ2v) is 6.53. The first-order chi connectivity index (χ1) is 10.1. The van der Waals surface area contributed by atoms with Gasteiger partial charge in [-0.3, -0.25) is 4.79 Å². The van der Waals surface area contributed by atoms with Gasteiger partial charge in [0.15, 0.2) is 0 Å². The monoisotopic (exact) mass is 318 g/mol. The highest BCUT2D eigenvalue weighted by Gasteiger charge is 2.20. The van der Waals surface area contributed by atoms with Crippen molar-refractivity contribution in [2.24, 2.45) is 5.73 Å². The van der Waals surface area contributed by atoms with Crippen LogP contribution in [0, 0.1) is 0 Å². The number of nitrogens with two attached hydrogens (primary N) is 1. The lowest BCUT2D eigenvalue weighted by Gasteiger charge is -2.27. The number of amides is 1. The Bertz CT molecular complexity index is 672. The quantitative estimate of drug-likeness (QED) is 0.896. The first-order valence-corrected chi connectivity index (χ1v) is 8.08. The summed E-state index contributed by atoms with van der Waals surface area (Å²) in [5, 5.41) is 4.26. The summed E-state index contributed by atoms with van der Waals surface area (Å²) >= 11 is 7.97. The van der Waals surface area contributed by atoms with Crippen molar-refractivity contribution >= 4 is 35.0 Å². The molecule has 0 spiro atoms. The van der Waals surface area contributed by atoms with Crippen molar-refractivity contribution in [2.45, 2.75) is 17.4 Å². The molecule has 0 saturated carbocycles. The minimum Gasteiger partial charge on any atom is -0.378 e. The van der Waals surface area contributed by atoms with E-state index < -0.39 is 5.91 Å². The Hall–Kier alpha value is -1.65. The Morgan fingerprint density at radius 2 is 2.00 bits per heavy atom. The van der Waals surface area contributed by atoms with Crippen LogP contribution in [-0.4, -0.2) is 11.7 Å². The highest BCUT2D eigenvalue weighted by Crippen LogP contribution is 2.39. The Labute approximate surface area is 132 Å². The second kappa shape index (κ2) is 6.00. The maximum atomic E-state index is 11.1. The van der Waals surface area contributed by atoms with Crippen LogP contribution in [0.3, 0.4) is 0 Å². The molecule has 3 rings (SSSR count). The summed E-state index contributed by atoms with van der Waals surface area (Å²) in [5.41, 5.74) is 7.98. The van der Waals surface area contributed by atoms with E-state index in [1.54, 1.807) is 12.1 Å². The van der Waals surface area contributed by atoms with Crippen LogP contribution in [0.2, 0.25) is 5.02 Å². The Morgan fingerprint density at radius 1 is 1.24 bits per heavy atom. The van der Waals surface area contributed by atoms with Gasteiger partial charge < -0.3 is 11.1 Å². The van der Waals surface area contributed by atoms with E-state index in [1.165, 1.54) is 10.5 Å². The van der Waals surface area contributed by atoms with Gasteiger partial charge in [-0.05, 0) is 54.4 Å². The molecule has 0 aliphatic carbocycles. The third-order valence-electron chi connectivity index (χ3n) is 3.52. The molecule has 5 heteroatoms. The summed E-state index contributed by atoms with van der Waals surface area (Å²) in [7, 11) is 0. The molecule has 1 unspecified atom stereocenters. The van der Waals surface area contributed by atoms with Crippen molar-refractivity contribution in [3.63, 3.8) is 0 Å². The van der Waals surface area contributed by atoms with Crippen LogP contribution in [0.1, 0.15) is 28.4 Å². The zero-order chi connectivity index (χ0) is 14.8. The average Bonchev–Trinajstić information content (AvgIpc) is 2.48. The van der Waals surface area contributed by atoms with E-state index in [4.69, 9.17) is 17.3 Å². The van der Waals surface area contributed by atoms with E-state index in [1.807, 2.05) is 36.0 Å². The predicted molar refractivity (Wildman–Crippen MR) is 88.1 cm³/mol. The van der Waals surface area contributed by atoms with Crippen LogP contribution in [0.25, 0.3) is 0 Å². The molecule has 3 nitrogen and oxygen atoms in total. The average molecular weight is 319 g/mol. The number of anilines is 1. The topological polar surface area (TPSA) is 55.1 Å². The molecule has 0 radical (unpaired) electrons. The largest absolute Gasteiger partial charge is 0.378 e.